The molecule has 0 radical (unpaired) electrons. The highest BCUT2D eigenvalue weighted by Crippen LogP contribution is 2.22. The van der Waals surface area contributed by atoms with E-state index in [0.29, 0.717) is 18.0 Å². The lowest BCUT2D eigenvalue weighted by Gasteiger charge is -2.28. The monoisotopic (exact) mass is 312 g/mol. The van der Waals surface area contributed by atoms with Crippen molar-refractivity contribution < 1.29 is 8.42 Å². The van der Waals surface area contributed by atoms with Gasteiger partial charge in [0.25, 0.3) is 0 Å². The van der Waals surface area contributed by atoms with Crippen molar-refractivity contribution in [3.63, 3.8) is 0 Å². The molecule has 0 aromatic heterocycles. The third kappa shape index (κ3) is 4.28. The van der Waals surface area contributed by atoms with E-state index in [2.05, 4.69) is 6.92 Å². The van der Waals surface area contributed by atoms with Gasteiger partial charge in [-0.05, 0) is 49.9 Å². The fourth-order valence-corrected chi connectivity index (χ4v) is 4.05. The molecule has 2 N–H and O–H groups in total. The molecule has 1 aromatic rings. The number of aryl methyl sites for hydroxylation is 1. The maximum Gasteiger partial charge on any atom is 0.243 e. The predicted molar refractivity (Wildman–Crippen MR) is 87.6 cm³/mol. The number of hydrogen-bond donors (Lipinski definition) is 1. The Balaban J connectivity index is 3.21. The molecule has 1 aromatic carbocycles. The Hall–Kier alpha value is -0.910. The zero-order valence-corrected chi connectivity index (χ0v) is 14.4. The summed E-state index contributed by atoms with van der Waals surface area (Å²) < 4.78 is 27.4. The second kappa shape index (κ2) is 7.92. The van der Waals surface area contributed by atoms with Crippen molar-refractivity contribution in [3.05, 3.63) is 29.3 Å². The van der Waals surface area contributed by atoms with Crippen LogP contribution in [0.5, 0.6) is 0 Å². The van der Waals surface area contributed by atoms with E-state index in [1.807, 2.05) is 26.8 Å². The van der Waals surface area contributed by atoms with Crippen molar-refractivity contribution in [2.45, 2.75) is 64.4 Å². The normalized spacial score (nSPS) is 13.6. The second-order valence-corrected chi connectivity index (χ2v) is 7.41. The molecule has 0 aliphatic carbocycles. The molecule has 1 unspecified atom stereocenters. The number of unbranched alkanes of at least 4 members (excludes halogenated alkanes) is 1. The number of sulfonamides is 1. The largest absolute Gasteiger partial charge is 0.326 e. The van der Waals surface area contributed by atoms with Gasteiger partial charge in [0.2, 0.25) is 10.0 Å². The smallest absolute Gasteiger partial charge is 0.243 e. The topological polar surface area (TPSA) is 63.4 Å². The molecule has 0 heterocycles. The van der Waals surface area contributed by atoms with Crippen molar-refractivity contribution in [2.24, 2.45) is 5.73 Å². The first-order chi connectivity index (χ1) is 9.88. The van der Waals surface area contributed by atoms with E-state index in [-0.39, 0.29) is 6.04 Å². The van der Waals surface area contributed by atoms with Gasteiger partial charge in [0.1, 0.15) is 0 Å². The minimum Gasteiger partial charge on any atom is -0.326 e. The van der Waals surface area contributed by atoms with E-state index in [4.69, 9.17) is 5.73 Å². The van der Waals surface area contributed by atoms with Gasteiger partial charge in [-0.25, -0.2) is 8.42 Å². The quantitative estimate of drug-likeness (QED) is 0.802. The second-order valence-electron chi connectivity index (χ2n) is 5.52. The van der Waals surface area contributed by atoms with Crippen LogP contribution in [0.1, 0.15) is 51.2 Å². The first-order valence-corrected chi connectivity index (χ1v) is 9.13. The van der Waals surface area contributed by atoms with Crippen molar-refractivity contribution >= 4 is 10.0 Å². The van der Waals surface area contributed by atoms with E-state index in [9.17, 15) is 8.42 Å². The van der Waals surface area contributed by atoms with E-state index >= 15 is 0 Å². The summed E-state index contributed by atoms with van der Waals surface area (Å²) in [4.78, 5) is 0.352. The van der Waals surface area contributed by atoms with Gasteiger partial charge in [0.05, 0.1) is 4.90 Å². The van der Waals surface area contributed by atoms with Crippen molar-refractivity contribution in [1.82, 2.24) is 4.31 Å². The van der Waals surface area contributed by atoms with Gasteiger partial charge in [-0.2, -0.15) is 4.31 Å². The minimum absolute atomic E-state index is 0.00387. The molecule has 0 amide bonds. The number of benzene rings is 1. The number of rotatable bonds is 8. The molecule has 1 atom stereocenters. The highest BCUT2D eigenvalue weighted by molar-refractivity contribution is 7.89. The maximum atomic E-state index is 12.9. The zero-order chi connectivity index (χ0) is 16.0. The number of nitrogens with zero attached hydrogens (tertiary/aromatic N) is 1. The molecule has 1 rings (SSSR count). The van der Waals surface area contributed by atoms with E-state index in [0.717, 1.165) is 30.4 Å². The van der Waals surface area contributed by atoms with Crippen LogP contribution in [0.2, 0.25) is 0 Å². The molecule has 4 nitrogen and oxygen atoms in total. The van der Waals surface area contributed by atoms with Gasteiger partial charge in [0, 0.05) is 19.1 Å². The van der Waals surface area contributed by atoms with E-state index in [1.54, 1.807) is 16.4 Å². The summed E-state index contributed by atoms with van der Waals surface area (Å²) in [7, 11) is -3.46. The van der Waals surface area contributed by atoms with Crippen molar-refractivity contribution in [2.75, 3.05) is 6.54 Å². The summed E-state index contributed by atoms with van der Waals surface area (Å²) in [5.41, 5.74) is 7.61. The van der Waals surface area contributed by atoms with Gasteiger partial charge >= 0.3 is 0 Å². The molecule has 0 saturated heterocycles. The molecule has 120 valence electrons. The highest BCUT2D eigenvalue weighted by atomic mass is 32.2. The van der Waals surface area contributed by atoms with Gasteiger partial charge < -0.3 is 5.73 Å². The minimum atomic E-state index is -3.46. The van der Waals surface area contributed by atoms with Crippen LogP contribution in [0, 0.1) is 6.92 Å². The van der Waals surface area contributed by atoms with Crippen LogP contribution in [-0.4, -0.2) is 25.3 Å². The molecule has 0 saturated carbocycles. The molecular formula is C16H28N2O2S. The van der Waals surface area contributed by atoms with Crippen LogP contribution in [0.25, 0.3) is 0 Å². The Labute approximate surface area is 129 Å². The van der Waals surface area contributed by atoms with Crippen LogP contribution in [0.15, 0.2) is 23.1 Å². The third-order valence-corrected chi connectivity index (χ3v) is 5.97. The standard InChI is InChI=1S/C16H28N2O2S/c1-5-7-10-18(14(4)6-2)21(19,20)16-9-8-13(3)15(11-16)12-17/h8-9,11,14H,5-7,10,12,17H2,1-4H3. The maximum absolute atomic E-state index is 12.9. The predicted octanol–water partition coefficient (Wildman–Crippen LogP) is 3.04. The Kier molecular flexibility index (Phi) is 6.84. The SMILES string of the molecule is CCCCN(C(C)CC)S(=O)(=O)c1ccc(C)c(CN)c1. The summed E-state index contributed by atoms with van der Waals surface area (Å²) in [6.07, 6.45) is 2.65. The van der Waals surface area contributed by atoms with Gasteiger partial charge in [-0.15, -0.1) is 0 Å². The van der Waals surface area contributed by atoms with Gasteiger partial charge in [-0.3, -0.25) is 0 Å². The molecule has 5 heteroatoms. The average Bonchev–Trinajstić information content (AvgIpc) is 2.47. The molecule has 0 fully saturated rings. The first-order valence-electron chi connectivity index (χ1n) is 7.69. The lowest BCUT2D eigenvalue weighted by atomic mass is 10.1. The summed E-state index contributed by atoms with van der Waals surface area (Å²) in [6.45, 7) is 8.92. The molecule has 0 bridgehead atoms. The molecule has 0 aliphatic rings. The first kappa shape index (κ1) is 18.1. The van der Waals surface area contributed by atoms with Gasteiger partial charge in [-0.1, -0.05) is 26.3 Å². The van der Waals surface area contributed by atoms with Crippen molar-refractivity contribution in [3.8, 4) is 0 Å². The van der Waals surface area contributed by atoms with Crippen LogP contribution in [0.3, 0.4) is 0 Å². The van der Waals surface area contributed by atoms with Crippen molar-refractivity contribution in [1.29, 1.82) is 0 Å². The van der Waals surface area contributed by atoms with Crippen LogP contribution < -0.4 is 5.73 Å². The number of hydrogen-bond acceptors (Lipinski definition) is 3. The summed E-state index contributed by atoms with van der Waals surface area (Å²) in [5.74, 6) is 0. The highest BCUT2D eigenvalue weighted by Gasteiger charge is 2.28. The fraction of sp³-hybridized carbons (Fsp3) is 0.625. The lowest BCUT2D eigenvalue weighted by Crippen LogP contribution is -2.39. The van der Waals surface area contributed by atoms with Crippen LogP contribution in [-0.2, 0) is 16.6 Å². The average molecular weight is 312 g/mol. The summed E-state index contributed by atoms with van der Waals surface area (Å²) in [6, 6.07) is 5.24. The summed E-state index contributed by atoms with van der Waals surface area (Å²) in [5, 5.41) is 0. The Morgan fingerprint density at radius 1 is 1.29 bits per heavy atom. The third-order valence-electron chi connectivity index (χ3n) is 3.96. The number of nitrogens with two attached hydrogens (primary N) is 1. The molecule has 21 heavy (non-hydrogen) atoms. The Morgan fingerprint density at radius 3 is 2.48 bits per heavy atom. The van der Waals surface area contributed by atoms with E-state index < -0.39 is 10.0 Å². The fourth-order valence-electron chi connectivity index (χ4n) is 2.26. The molecular weight excluding hydrogens is 284 g/mol. The van der Waals surface area contributed by atoms with Crippen LogP contribution >= 0.6 is 0 Å². The van der Waals surface area contributed by atoms with Gasteiger partial charge in [0.15, 0.2) is 0 Å². The Bertz CT molecular complexity index is 555. The molecule has 0 aliphatic heterocycles. The summed E-state index contributed by atoms with van der Waals surface area (Å²) >= 11 is 0. The molecule has 0 spiro atoms. The zero-order valence-electron chi connectivity index (χ0n) is 13.6. The Morgan fingerprint density at radius 2 is 1.95 bits per heavy atom. The van der Waals surface area contributed by atoms with E-state index in [1.165, 1.54) is 0 Å². The van der Waals surface area contributed by atoms with Crippen LogP contribution in [0.4, 0.5) is 0 Å². The lowest BCUT2D eigenvalue weighted by molar-refractivity contribution is 0.324.